The number of hydrogen-bond acceptors (Lipinski definition) is 4. The Kier molecular flexibility index (Phi) is 6.12. The van der Waals surface area contributed by atoms with Gasteiger partial charge in [-0.25, -0.2) is 8.78 Å². The van der Waals surface area contributed by atoms with Gasteiger partial charge in [-0.3, -0.25) is 9.69 Å². The van der Waals surface area contributed by atoms with E-state index in [1.165, 1.54) is 17.6 Å². The Balaban J connectivity index is 1.82. The maximum Gasteiger partial charge on any atom is 0.419 e. The van der Waals surface area contributed by atoms with Crippen molar-refractivity contribution < 1.29 is 27.1 Å². The minimum Gasteiger partial charge on any atom is -0.389 e. The lowest BCUT2D eigenvalue weighted by Crippen LogP contribution is -2.30. The second kappa shape index (κ2) is 8.57. The van der Waals surface area contributed by atoms with Crippen molar-refractivity contribution in [2.24, 2.45) is 0 Å². The van der Waals surface area contributed by atoms with E-state index in [-0.39, 0.29) is 23.1 Å². The minimum absolute atomic E-state index is 0.0659. The molecule has 2 unspecified atom stereocenters. The molecule has 1 N–H and O–H groups in total. The first-order chi connectivity index (χ1) is 15.1. The number of aromatic nitrogens is 1. The highest BCUT2D eigenvalue weighted by atomic mass is 32.1. The number of rotatable bonds is 5. The van der Waals surface area contributed by atoms with Crippen LogP contribution in [0.25, 0.3) is 21.2 Å². The van der Waals surface area contributed by atoms with Crippen LogP contribution in [-0.4, -0.2) is 40.4 Å². The number of halogens is 5. The Morgan fingerprint density at radius 1 is 1.28 bits per heavy atom. The van der Waals surface area contributed by atoms with Crippen LogP contribution in [0.3, 0.4) is 0 Å². The van der Waals surface area contributed by atoms with Crippen LogP contribution >= 0.6 is 11.3 Å². The number of thiophene rings is 1. The monoisotopic (exact) mass is 472 g/mol. The van der Waals surface area contributed by atoms with Gasteiger partial charge in [-0.1, -0.05) is 6.07 Å². The van der Waals surface area contributed by atoms with E-state index >= 15 is 0 Å². The highest BCUT2D eigenvalue weighted by Gasteiger charge is 2.34. The number of aliphatic hydroxyl groups is 1. The predicted octanol–water partition coefficient (Wildman–Crippen LogP) is 4.99. The normalized spacial score (nSPS) is 18.5. The molecule has 1 saturated heterocycles. The minimum atomic E-state index is -4.87. The molecule has 0 aliphatic carbocycles. The van der Waals surface area contributed by atoms with E-state index in [0.29, 0.717) is 42.4 Å². The van der Waals surface area contributed by atoms with E-state index in [1.807, 2.05) is 4.90 Å². The molecule has 2 aromatic heterocycles. The average Bonchev–Trinajstić information content (AvgIpc) is 3.33. The van der Waals surface area contributed by atoms with Gasteiger partial charge in [0.1, 0.15) is 12.0 Å². The molecule has 1 aliphatic heterocycles. The summed E-state index contributed by atoms with van der Waals surface area (Å²) in [5.41, 5.74) is -1.04. The number of fused-ring (bicyclic) bond motifs is 1. The van der Waals surface area contributed by atoms with Gasteiger partial charge in [0.15, 0.2) is 0 Å². The molecule has 1 aliphatic rings. The van der Waals surface area contributed by atoms with Gasteiger partial charge in [0, 0.05) is 53.6 Å². The van der Waals surface area contributed by atoms with Crippen LogP contribution in [0.15, 0.2) is 34.6 Å². The fourth-order valence-electron chi connectivity index (χ4n) is 4.04. The van der Waals surface area contributed by atoms with Crippen molar-refractivity contribution in [1.82, 2.24) is 9.47 Å². The SMILES string of the molecule is CC(O)c1cn(CCN2CCC(F)C2)c(=O)c2c(-c3ccc(F)c(C(F)(F)F)c3)csc12. The third-order valence-electron chi connectivity index (χ3n) is 5.73. The molecule has 3 aromatic rings. The highest BCUT2D eigenvalue weighted by molar-refractivity contribution is 7.18. The molecule has 0 bridgehead atoms. The molecule has 3 heterocycles. The third-order valence-corrected chi connectivity index (χ3v) is 6.76. The van der Waals surface area contributed by atoms with Crippen molar-refractivity contribution in [1.29, 1.82) is 0 Å². The molecule has 1 aromatic carbocycles. The van der Waals surface area contributed by atoms with E-state index in [2.05, 4.69) is 0 Å². The Bertz CT molecular complexity index is 1200. The Morgan fingerprint density at radius 3 is 2.66 bits per heavy atom. The molecule has 4 nitrogen and oxygen atoms in total. The maximum atomic E-state index is 13.8. The second-order valence-corrected chi connectivity index (χ2v) is 8.87. The van der Waals surface area contributed by atoms with Crippen LogP contribution in [-0.2, 0) is 12.7 Å². The fraction of sp³-hybridized carbons (Fsp3) is 0.409. The van der Waals surface area contributed by atoms with Crippen LogP contribution < -0.4 is 5.56 Å². The first-order valence-electron chi connectivity index (χ1n) is 10.1. The van der Waals surface area contributed by atoms with Crippen LogP contribution in [0.5, 0.6) is 0 Å². The third kappa shape index (κ3) is 4.31. The van der Waals surface area contributed by atoms with E-state index in [9.17, 15) is 31.9 Å². The zero-order valence-corrected chi connectivity index (χ0v) is 17.9. The van der Waals surface area contributed by atoms with E-state index < -0.39 is 35.4 Å². The smallest absolute Gasteiger partial charge is 0.389 e. The van der Waals surface area contributed by atoms with Crippen LogP contribution in [0, 0.1) is 5.82 Å². The molecule has 0 radical (unpaired) electrons. The van der Waals surface area contributed by atoms with Gasteiger partial charge in [-0.05, 0) is 31.0 Å². The van der Waals surface area contributed by atoms with Crippen LogP contribution in [0.4, 0.5) is 22.0 Å². The zero-order valence-electron chi connectivity index (χ0n) is 17.1. The second-order valence-electron chi connectivity index (χ2n) is 7.99. The van der Waals surface area contributed by atoms with Gasteiger partial charge < -0.3 is 9.67 Å². The summed E-state index contributed by atoms with van der Waals surface area (Å²) in [5.74, 6) is -1.39. The molecule has 32 heavy (non-hydrogen) atoms. The largest absolute Gasteiger partial charge is 0.419 e. The number of benzene rings is 1. The van der Waals surface area contributed by atoms with E-state index in [1.54, 1.807) is 11.6 Å². The van der Waals surface area contributed by atoms with Gasteiger partial charge in [-0.2, -0.15) is 13.2 Å². The first-order valence-corrected chi connectivity index (χ1v) is 11.0. The molecule has 10 heteroatoms. The van der Waals surface area contributed by atoms with Gasteiger partial charge in [-0.15, -0.1) is 11.3 Å². The fourth-order valence-corrected chi connectivity index (χ4v) is 5.20. The van der Waals surface area contributed by atoms with Gasteiger partial charge in [0.05, 0.1) is 17.1 Å². The van der Waals surface area contributed by atoms with Crippen molar-refractivity contribution >= 4 is 21.4 Å². The summed E-state index contributed by atoms with van der Waals surface area (Å²) in [4.78, 5) is 15.2. The summed E-state index contributed by atoms with van der Waals surface area (Å²) >= 11 is 1.14. The molecule has 172 valence electrons. The lowest BCUT2D eigenvalue weighted by molar-refractivity contribution is -0.139. The zero-order chi connectivity index (χ0) is 23.2. The van der Waals surface area contributed by atoms with Crippen LogP contribution in [0.2, 0.25) is 0 Å². The number of pyridine rings is 1. The summed E-state index contributed by atoms with van der Waals surface area (Å²) in [5, 5.41) is 12.0. The lowest BCUT2D eigenvalue weighted by atomic mass is 10.0. The standard InChI is InChI=1S/C22H21F5N2O2S/c1-12(30)15-10-29(7-6-28-5-4-14(23)9-28)21(31)19-16(11-32-20(15)19)13-2-3-18(24)17(8-13)22(25,26)27/h2-3,8,10-12,14,30H,4-7,9H2,1H3. The lowest BCUT2D eigenvalue weighted by Gasteiger charge is -2.17. The number of likely N-dealkylation sites (tertiary alicyclic amines) is 1. The Hall–Kier alpha value is -2.30. The molecular formula is C22H21F5N2O2S. The molecular weight excluding hydrogens is 451 g/mol. The predicted molar refractivity (Wildman–Crippen MR) is 113 cm³/mol. The van der Waals surface area contributed by atoms with Crippen molar-refractivity contribution in [3.8, 4) is 11.1 Å². The molecule has 0 amide bonds. The molecule has 0 saturated carbocycles. The summed E-state index contributed by atoms with van der Waals surface area (Å²) in [7, 11) is 0. The van der Waals surface area contributed by atoms with Crippen molar-refractivity contribution in [2.45, 2.75) is 38.3 Å². The molecule has 1 fully saturated rings. The number of hydrogen-bond donors (Lipinski definition) is 1. The summed E-state index contributed by atoms with van der Waals surface area (Å²) in [6.07, 6.45) is -4.71. The Labute approximate surface area is 184 Å². The maximum absolute atomic E-state index is 13.8. The van der Waals surface area contributed by atoms with Crippen molar-refractivity contribution in [3.63, 3.8) is 0 Å². The first kappa shape index (κ1) is 22.9. The van der Waals surface area contributed by atoms with E-state index in [0.717, 1.165) is 17.4 Å². The van der Waals surface area contributed by atoms with Gasteiger partial charge >= 0.3 is 6.18 Å². The number of nitrogens with zero attached hydrogens (tertiary/aromatic N) is 2. The van der Waals surface area contributed by atoms with Crippen molar-refractivity contribution in [2.75, 3.05) is 19.6 Å². The van der Waals surface area contributed by atoms with Crippen LogP contribution in [0.1, 0.15) is 30.6 Å². The molecule has 2 atom stereocenters. The Morgan fingerprint density at radius 2 is 2.03 bits per heavy atom. The van der Waals surface area contributed by atoms with Gasteiger partial charge in [0.2, 0.25) is 0 Å². The van der Waals surface area contributed by atoms with E-state index in [4.69, 9.17) is 0 Å². The summed E-state index contributed by atoms with van der Waals surface area (Å²) < 4.78 is 68.7. The molecule has 4 rings (SSSR count). The highest BCUT2D eigenvalue weighted by Crippen LogP contribution is 2.39. The molecule has 0 spiro atoms. The van der Waals surface area contributed by atoms with Crippen molar-refractivity contribution in [3.05, 3.63) is 57.1 Å². The average molecular weight is 472 g/mol. The quantitative estimate of drug-likeness (QED) is 0.533. The van der Waals surface area contributed by atoms with Gasteiger partial charge in [0.25, 0.3) is 5.56 Å². The number of alkyl halides is 4. The number of aliphatic hydroxyl groups excluding tert-OH is 1. The summed E-state index contributed by atoms with van der Waals surface area (Å²) in [6, 6.07) is 2.64. The topological polar surface area (TPSA) is 45.5 Å². The summed E-state index contributed by atoms with van der Waals surface area (Å²) in [6.45, 7) is 3.09.